The lowest BCUT2D eigenvalue weighted by atomic mass is 10.1. The summed E-state index contributed by atoms with van der Waals surface area (Å²) < 4.78 is 15.8. The van der Waals surface area contributed by atoms with E-state index < -0.39 is 0 Å². The van der Waals surface area contributed by atoms with Crippen LogP contribution >= 0.6 is 0 Å². The van der Waals surface area contributed by atoms with Crippen molar-refractivity contribution in [2.24, 2.45) is 0 Å². The van der Waals surface area contributed by atoms with Gasteiger partial charge < -0.3 is 24.0 Å². The highest BCUT2D eigenvalue weighted by Crippen LogP contribution is 2.32. The van der Waals surface area contributed by atoms with Crippen molar-refractivity contribution in [3.8, 4) is 11.5 Å². The highest BCUT2D eigenvalue weighted by Gasteiger charge is 2.22. The van der Waals surface area contributed by atoms with Gasteiger partial charge in [0.05, 0.1) is 0 Å². The molecule has 2 aromatic rings. The molecular formula is C21H23N3O5. The number of ether oxygens (including phenoxy) is 3. The van der Waals surface area contributed by atoms with E-state index in [0.717, 1.165) is 11.4 Å². The van der Waals surface area contributed by atoms with Crippen LogP contribution in [-0.2, 0) is 20.7 Å². The van der Waals surface area contributed by atoms with Crippen molar-refractivity contribution in [3.63, 3.8) is 0 Å². The molecule has 1 fully saturated rings. The summed E-state index contributed by atoms with van der Waals surface area (Å²) in [5.41, 5.74) is 0.961. The van der Waals surface area contributed by atoms with Gasteiger partial charge in [-0.25, -0.2) is 4.98 Å². The van der Waals surface area contributed by atoms with Gasteiger partial charge in [0, 0.05) is 38.8 Å². The quantitative estimate of drug-likeness (QED) is 0.686. The molecule has 1 aromatic carbocycles. The average Bonchev–Trinajstić information content (AvgIpc) is 3.24. The van der Waals surface area contributed by atoms with Crippen LogP contribution < -0.4 is 14.4 Å². The molecule has 0 spiro atoms. The Labute approximate surface area is 169 Å². The summed E-state index contributed by atoms with van der Waals surface area (Å²) in [6.45, 7) is 2.60. The fraction of sp³-hybridized carbons (Fsp3) is 0.381. The van der Waals surface area contributed by atoms with Gasteiger partial charge in [0.2, 0.25) is 6.79 Å². The zero-order chi connectivity index (χ0) is 20.1. The molecule has 152 valence electrons. The third-order valence-electron chi connectivity index (χ3n) is 5.02. The summed E-state index contributed by atoms with van der Waals surface area (Å²) in [5.74, 6) is 1.76. The Bertz CT molecular complexity index is 866. The highest BCUT2D eigenvalue weighted by molar-refractivity contribution is 5.81. The standard InChI is InChI=1S/C21H23N3O5/c25-20(24-11-9-23(10-12-24)19-3-1-2-8-22-19)14-27-21(26)7-5-16-4-6-17-18(13-16)29-15-28-17/h1-4,6,8,13H,5,7,9-12,14-15H2. The highest BCUT2D eigenvalue weighted by atomic mass is 16.7. The molecule has 0 radical (unpaired) electrons. The van der Waals surface area contributed by atoms with Crippen LogP contribution in [-0.4, -0.2) is 61.3 Å². The Hall–Kier alpha value is -3.29. The maximum atomic E-state index is 12.3. The van der Waals surface area contributed by atoms with Crippen LogP contribution in [0.5, 0.6) is 11.5 Å². The first-order chi connectivity index (χ1) is 14.2. The molecule has 1 aromatic heterocycles. The van der Waals surface area contributed by atoms with Crippen LogP contribution in [0.15, 0.2) is 42.6 Å². The number of nitrogens with zero attached hydrogens (tertiary/aromatic N) is 3. The third kappa shape index (κ3) is 4.77. The van der Waals surface area contributed by atoms with E-state index in [2.05, 4.69) is 9.88 Å². The second-order valence-corrected chi connectivity index (χ2v) is 6.90. The lowest BCUT2D eigenvalue weighted by Crippen LogP contribution is -2.50. The minimum atomic E-state index is -0.386. The first-order valence-corrected chi connectivity index (χ1v) is 9.67. The van der Waals surface area contributed by atoms with Crippen molar-refractivity contribution >= 4 is 17.7 Å². The van der Waals surface area contributed by atoms with Crippen molar-refractivity contribution in [1.29, 1.82) is 0 Å². The van der Waals surface area contributed by atoms with E-state index in [1.165, 1.54) is 0 Å². The van der Waals surface area contributed by atoms with Crippen LogP contribution in [0.4, 0.5) is 5.82 Å². The van der Waals surface area contributed by atoms with Crippen LogP contribution in [0, 0.1) is 0 Å². The predicted octanol–water partition coefficient (Wildman–Crippen LogP) is 1.63. The molecule has 1 amide bonds. The number of aromatic nitrogens is 1. The van der Waals surface area contributed by atoms with Gasteiger partial charge >= 0.3 is 5.97 Å². The van der Waals surface area contributed by atoms with Gasteiger partial charge in [-0.1, -0.05) is 12.1 Å². The Morgan fingerprint density at radius 2 is 1.86 bits per heavy atom. The molecule has 8 heteroatoms. The molecule has 2 aliphatic rings. The lowest BCUT2D eigenvalue weighted by molar-refractivity contribution is -0.152. The van der Waals surface area contributed by atoms with Crippen molar-refractivity contribution in [2.45, 2.75) is 12.8 Å². The maximum absolute atomic E-state index is 12.3. The number of anilines is 1. The van der Waals surface area contributed by atoms with Crippen LogP contribution in [0.3, 0.4) is 0 Å². The number of esters is 1. The van der Waals surface area contributed by atoms with Gasteiger partial charge in [0.1, 0.15) is 5.82 Å². The second-order valence-electron chi connectivity index (χ2n) is 6.90. The Balaban J connectivity index is 1.17. The Morgan fingerprint density at radius 1 is 1.03 bits per heavy atom. The summed E-state index contributed by atoms with van der Waals surface area (Å²) in [6, 6.07) is 11.4. The van der Waals surface area contributed by atoms with Crippen molar-refractivity contribution < 1.29 is 23.8 Å². The topological polar surface area (TPSA) is 81.2 Å². The van der Waals surface area contributed by atoms with Gasteiger partial charge in [-0.3, -0.25) is 9.59 Å². The van der Waals surface area contributed by atoms with E-state index in [-0.39, 0.29) is 31.7 Å². The summed E-state index contributed by atoms with van der Waals surface area (Å²) in [4.78, 5) is 32.5. The minimum Gasteiger partial charge on any atom is -0.456 e. The number of amides is 1. The van der Waals surface area contributed by atoms with E-state index in [4.69, 9.17) is 14.2 Å². The molecule has 3 heterocycles. The summed E-state index contributed by atoms with van der Waals surface area (Å²) in [5, 5.41) is 0. The fourth-order valence-corrected chi connectivity index (χ4v) is 3.37. The zero-order valence-corrected chi connectivity index (χ0v) is 16.1. The summed E-state index contributed by atoms with van der Waals surface area (Å²) in [7, 11) is 0. The van der Waals surface area contributed by atoms with Crippen LogP contribution in [0.1, 0.15) is 12.0 Å². The van der Waals surface area contributed by atoms with Gasteiger partial charge in [-0.2, -0.15) is 0 Å². The Morgan fingerprint density at radius 3 is 2.66 bits per heavy atom. The monoisotopic (exact) mass is 397 g/mol. The van der Waals surface area contributed by atoms with Gasteiger partial charge in [0.15, 0.2) is 18.1 Å². The first-order valence-electron chi connectivity index (χ1n) is 9.67. The molecule has 1 saturated heterocycles. The smallest absolute Gasteiger partial charge is 0.306 e. The molecule has 2 aliphatic heterocycles. The molecule has 0 aliphatic carbocycles. The van der Waals surface area contributed by atoms with E-state index >= 15 is 0 Å². The van der Waals surface area contributed by atoms with Gasteiger partial charge in [0.25, 0.3) is 5.91 Å². The average molecular weight is 397 g/mol. The lowest BCUT2D eigenvalue weighted by Gasteiger charge is -2.35. The molecule has 0 bridgehead atoms. The Kier molecular flexibility index (Phi) is 5.79. The van der Waals surface area contributed by atoms with E-state index in [0.29, 0.717) is 44.1 Å². The number of piperazine rings is 1. The number of pyridine rings is 1. The molecule has 8 nitrogen and oxygen atoms in total. The van der Waals surface area contributed by atoms with Gasteiger partial charge in [-0.05, 0) is 36.2 Å². The molecule has 0 N–H and O–H groups in total. The second kappa shape index (κ2) is 8.81. The van der Waals surface area contributed by atoms with Crippen LogP contribution in [0.25, 0.3) is 0 Å². The number of carbonyl (C=O) groups is 2. The largest absolute Gasteiger partial charge is 0.456 e. The van der Waals surface area contributed by atoms with Crippen molar-refractivity contribution in [3.05, 3.63) is 48.2 Å². The molecule has 29 heavy (non-hydrogen) atoms. The number of fused-ring (bicyclic) bond motifs is 1. The van der Waals surface area contributed by atoms with E-state index in [1.807, 2.05) is 36.4 Å². The first kappa shape index (κ1) is 19.0. The number of rotatable bonds is 6. The normalized spacial score (nSPS) is 15.3. The fourth-order valence-electron chi connectivity index (χ4n) is 3.37. The van der Waals surface area contributed by atoms with E-state index in [9.17, 15) is 9.59 Å². The molecular weight excluding hydrogens is 374 g/mol. The zero-order valence-electron chi connectivity index (χ0n) is 16.1. The number of hydrogen-bond acceptors (Lipinski definition) is 7. The molecule has 4 rings (SSSR count). The maximum Gasteiger partial charge on any atom is 0.306 e. The number of carbonyl (C=O) groups excluding carboxylic acids is 2. The van der Waals surface area contributed by atoms with Gasteiger partial charge in [-0.15, -0.1) is 0 Å². The van der Waals surface area contributed by atoms with Crippen LogP contribution in [0.2, 0.25) is 0 Å². The van der Waals surface area contributed by atoms with Crippen molar-refractivity contribution in [1.82, 2.24) is 9.88 Å². The minimum absolute atomic E-state index is 0.165. The summed E-state index contributed by atoms with van der Waals surface area (Å²) in [6.07, 6.45) is 2.49. The van der Waals surface area contributed by atoms with Crippen molar-refractivity contribution in [2.75, 3.05) is 44.5 Å². The van der Waals surface area contributed by atoms with E-state index in [1.54, 1.807) is 11.1 Å². The number of benzene rings is 1. The predicted molar refractivity (Wildman–Crippen MR) is 105 cm³/mol. The SMILES string of the molecule is O=C(CCc1ccc2c(c1)OCO2)OCC(=O)N1CCN(c2ccccn2)CC1. The number of hydrogen-bond donors (Lipinski definition) is 0. The molecule has 0 atom stereocenters. The number of aryl methyl sites for hydroxylation is 1. The summed E-state index contributed by atoms with van der Waals surface area (Å²) >= 11 is 0. The third-order valence-corrected chi connectivity index (χ3v) is 5.02. The molecule has 0 saturated carbocycles. The molecule has 0 unspecified atom stereocenters.